The first-order valence-electron chi connectivity index (χ1n) is 7.02. The minimum Gasteiger partial charge on any atom is -0.496 e. The lowest BCUT2D eigenvalue weighted by atomic mass is 9.91. The van der Waals surface area contributed by atoms with Gasteiger partial charge in [0.05, 0.1) is 7.11 Å². The quantitative estimate of drug-likeness (QED) is 0.701. The molecule has 0 aliphatic rings. The van der Waals surface area contributed by atoms with E-state index in [0.717, 1.165) is 28.2 Å². The number of benzene rings is 2. The SMILES string of the molecule is COc1ccccc1C(C)Cc1cc(F)cc(SC)c1C. The normalized spacial score (nSPS) is 12.2. The largest absolute Gasteiger partial charge is 0.496 e. The summed E-state index contributed by atoms with van der Waals surface area (Å²) in [6, 6.07) is 11.3. The molecule has 0 spiro atoms. The molecule has 0 saturated carbocycles. The van der Waals surface area contributed by atoms with Crippen LogP contribution in [0.2, 0.25) is 0 Å². The van der Waals surface area contributed by atoms with Crippen molar-refractivity contribution in [3.63, 3.8) is 0 Å². The number of ether oxygens (including phenoxy) is 1. The van der Waals surface area contributed by atoms with Gasteiger partial charge < -0.3 is 4.74 Å². The topological polar surface area (TPSA) is 9.23 Å². The van der Waals surface area contributed by atoms with Crippen LogP contribution in [0.5, 0.6) is 5.75 Å². The highest BCUT2D eigenvalue weighted by atomic mass is 32.2. The third-order valence-corrected chi connectivity index (χ3v) is 4.71. The Labute approximate surface area is 130 Å². The van der Waals surface area contributed by atoms with Gasteiger partial charge in [-0.3, -0.25) is 0 Å². The summed E-state index contributed by atoms with van der Waals surface area (Å²) in [6.45, 7) is 4.22. The molecule has 0 heterocycles. The highest BCUT2D eigenvalue weighted by Crippen LogP contribution is 2.32. The van der Waals surface area contributed by atoms with E-state index in [0.29, 0.717) is 0 Å². The molecule has 21 heavy (non-hydrogen) atoms. The fraction of sp³-hybridized carbons (Fsp3) is 0.333. The fourth-order valence-corrected chi connectivity index (χ4v) is 3.31. The van der Waals surface area contributed by atoms with Crippen molar-refractivity contribution >= 4 is 11.8 Å². The zero-order chi connectivity index (χ0) is 15.4. The number of methoxy groups -OCH3 is 1. The number of hydrogen-bond donors (Lipinski definition) is 0. The van der Waals surface area contributed by atoms with Gasteiger partial charge in [-0.2, -0.15) is 0 Å². The van der Waals surface area contributed by atoms with Crippen molar-refractivity contribution in [3.05, 3.63) is 58.9 Å². The van der Waals surface area contributed by atoms with Crippen LogP contribution in [-0.4, -0.2) is 13.4 Å². The van der Waals surface area contributed by atoms with E-state index >= 15 is 0 Å². The van der Waals surface area contributed by atoms with Crippen molar-refractivity contribution in [2.75, 3.05) is 13.4 Å². The van der Waals surface area contributed by atoms with Crippen LogP contribution >= 0.6 is 11.8 Å². The number of hydrogen-bond acceptors (Lipinski definition) is 2. The summed E-state index contributed by atoms with van der Waals surface area (Å²) in [5.74, 6) is 1.01. The molecule has 1 nitrogen and oxygen atoms in total. The van der Waals surface area contributed by atoms with Crippen LogP contribution in [0.3, 0.4) is 0 Å². The molecule has 0 N–H and O–H groups in total. The molecule has 0 fully saturated rings. The first kappa shape index (κ1) is 15.9. The minimum absolute atomic E-state index is 0.160. The van der Waals surface area contributed by atoms with Gasteiger partial charge >= 0.3 is 0 Å². The standard InChI is InChI=1S/C18H21FOS/c1-12(16-7-5-6-8-17(16)20-3)9-14-10-15(19)11-18(21-4)13(14)2/h5-8,10-12H,9H2,1-4H3. The van der Waals surface area contributed by atoms with Crippen molar-refractivity contribution in [3.8, 4) is 5.75 Å². The van der Waals surface area contributed by atoms with Crippen LogP contribution in [0.25, 0.3) is 0 Å². The van der Waals surface area contributed by atoms with E-state index in [-0.39, 0.29) is 11.7 Å². The van der Waals surface area contributed by atoms with Crippen LogP contribution < -0.4 is 4.74 Å². The van der Waals surface area contributed by atoms with Crippen LogP contribution in [0.4, 0.5) is 4.39 Å². The van der Waals surface area contributed by atoms with Gasteiger partial charge in [0, 0.05) is 4.90 Å². The highest BCUT2D eigenvalue weighted by molar-refractivity contribution is 7.98. The Morgan fingerprint density at radius 1 is 1.24 bits per heavy atom. The fourth-order valence-electron chi connectivity index (χ4n) is 2.65. The summed E-state index contributed by atoms with van der Waals surface area (Å²) in [5.41, 5.74) is 3.40. The Hall–Kier alpha value is -1.48. The zero-order valence-electron chi connectivity index (χ0n) is 12.9. The van der Waals surface area contributed by atoms with E-state index in [1.165, 1.54) is 5.56 Å². The monoisotopic (exact) mass is 304 g/mol. The molecule has 1 unspecified atom stereocenters. The molecule has 1 atom stereocenters. The van der Waals surface area contributed by atoms with Crippen LogP contribution in [0.15, 0.2) is 41.3 Å². The zero-order valence-corrected chi connectivity index (χ0v) is 13.8. The van der Waals surface area contributed by atoms with Gasteiger partial charge in [-0.1, -0.05) is 25.1 Å². The minimum atomic E-state index is -0.160. The molecule has 2 aromatic carbocycles. The Morgan fingerprint density at radius 3 is 2.62 bits per heavy atom. The lowest BCUT2D eigenvalue weighted by Crippen LogP contribution is -2.03. The molecule has 0 aromatic heterocycles. The molecule has 0 aliphatic carbocycles. The third-order valence-electron chi connectivity index (χ3n) is 3.85. The Balaban J connectivity index is 2.31. The summed E-state index contributed by atoms with van der Waals surface area (Å²) in [6.07, 6.45) is 2.78. The molecular weight excluding hydrogens is 283 g/mol. The maximum atomic E-state index is 13.8. The maximum Gasteiger partial charge on any atom is 0.124 e. The molecule has 0 radical (unpaired) electrons. The summed E-state index contributed by atoms with van der Waals surface area (Å²) in [5, 5.41) is 0. The summed E-state index contributed by atoms with van der Waals surface area (Å²) >= 11 is 1.59. The van der Waals surface area contributed by atoms with Gasteiger partial charge in [0.25, 0.3) is 0 Å². The van der Waals surface area contributed by atoms with E-state index in [2.05, 4.69) is 19.9 Å². The van der Waals surface area contributed by atoms with Gasteiger partial charge in [0.1, 0.15) is 11.6 Å². The summed E-state index contributed by atoms with van der Waals surface area (Å²) < 4.78 is 19.2. The van der Waals surface area contributed by atoms with E-state index in [1.807, 2.05) is 24.5 Å². The van der Waals surface area contributed by atoms with E-state index in [1.54, 1.807) is 31.0 Å². The molecule has 0 amide bonds. The van der Waals surface area contributed by atoms with Crippen LogP contribution in [0, 0.1) is 12.7 Å². The number of para-hydroxylation sites is 1. The Bertz CT molecular complexity index is 625. The number of thioether (sulfide) groups is 1. The average Bonchev–Trinajstić information content (AvgIpc) is 2.50. The average molecular weight is 304 g/mol. The van der Waals surface area contributed by atoms with Gasteiger partial charge in [-0.15, -0.1) is 11.8 Å². The first-order valence-corrected chi connectivity index (χ1v) is 8.25. The lowest BCUT2D eigenvalue weighted by Gasteiger charge is -2.18. The van der Waals surface area contributed by atoms with Gasteiger partial charge in [-0.05, 0) is 60.4 Å². The molecule has 2 aromatic rings. The predicted octanol–water partition coefficient (Wildman–Crippen LogP) is 5.21. The second-order valence-corrected chi connectivity index (χ2v) is 6.09. The van der Waals surface area contributed by atoms with Gasteiger partial charge in [-0.25, -0.2) is 4.39 Å². The van der Waals surface area contributed by atoms with Crippen LogP contribution in [-0.2, 0) is 6.42 Å². The van der Waals surface area contributed by atoms with E-state index in [4.69, 9.17) is 4.74 Å². The number of rotatable bonds is 5. The third kappa shape index (κ3) is 3.59. The van der Waals surface area contributed by atoms with Gasteiger partial charge in [0.2, 0.25) is 0 Å². The molecule has 3 heteroatoms. The van der Waals surface area contributed by atoms with E-state index in [9.17, 15) is 4.39 Å². The molecule has 0 saturated heterocycles. The van der Waals surface area contributed by atoms with Crippen molar-refractivity contribution in [1.82, 2.24) is 0 Å². The molecule has 0 aliphatic heterocycles. The molecule has 2 rings (SSSR count). The van der Waals surface area contributed by atoms with Crippen LogP contribution in [0.1, 0.15) is 29.5 Å². The Kier molecular flexibility index (Phi) is 5.29. The van der Waals surface area contributed by atoms with Gasteiger partial charge in [0.15, 0.2) is 0 Å². The first-order chi connectivity index (χ1) is 10.1. The van der Waals surface area contributed by atoms with Crippen molar-refractivity contribution in [1.29, 1.82) is 0 Å². The smallest absolute Gasteiger partial charge is 0.124 e. The highest BCUT2D eigenvalue weighted by Gasteiger charge is 2.15. The van der Waals surface area contributed by atoms with E-state index < -0.39 is 0 Å². The molecule has 112 valence electrons. The maximum absolute atomic E-state index is 13.8. The summed E-state index contributed by atoms with van der Waals surface area (Å²) in [4.78, 5) is 1.01. The second kappa shape index (κ2) is 6.99. The Morgan fingerprint density at radius 2 is 1.95 bits per heavy atom. The molecular formula is C18H21FOS. The molecule has 0 bridgehead atoms. The van der Waals surface area contributed by atoms with Crippen molar-refractivity contribution in [2.45, 2.75) is 31.1 Å². The predicted molar refractivity (Wildman–Crippen MR) is 88.0 cm³/mol. The second-order valence-electron chi connectivity index (χ2n) is 5.24. The van der Waals surface area contributed by atoms with Crippen molar-refractivity contribution < 1.29 is 9.13 Å². The number of halogens is 1. The lowest BCUT2D eigenvalue weighted by molar-refractivity contribution is 0.406. The summed E-state index contributed by atoms with van der Waals surface area (Å²) in [7, 11) is 1.69. The van der Waals surface area contributed by atoms with Crippen molar-refractivity contribution in [2.24, 2.45) is 0 Å².